The summed E-state index contributed by atoms with van der Waals surface area (Å²) in [5.74, 6) is 0.0736. The van der Waals surface area contributed by atoms with Gasteiger partial charge in [-0.3, -0.25) is 9.20 Å². The highest BCUT2D eigenvalue weighted by atomic mass is 32.2. The summed E-state index contributed by atoms with van der Waals surface area (Å²) in [7, 11) is -3.91. The molecule has 1 spiro atoms. The van der Waals surface area contributed by atoms with Crippen molar-refractivity contribution in [2.45, 2.75) is 89.2 Å². The summed E-state index contributed by atoms with van der Waals surface area (Å²) in [4.78, 5) is 17.2. The third kappa shape index (κ3) is 4.68. The topological polar surface area (TPSA) is 127 Å². The SMILES string of the molecule is Cc1cnc2c(c1)S(=O)(=O)N(Cc1cc([C@@H](c3ccn4c(C5CC5)nnc4c3C)C(C)(C)C(=O)O)ccc1C)CC1(CC1)O2. The maximum absolute atomic E-state index is 14.0. The molecule has 4 heterocycles. The van der Waals surface area contributed by atoms with E-state index in [0.717, 1.165) is 70.5 Å². The van der Waals surface area contributed by atoms with E-state index in [-0.39, 0.29) is 23.9 Å². The summed E-state index contributed by atoms with van der Waals surface area (Å²) < 4.78 is 37.8. The first-order chi connectivity index (χ1) is 20.8. The normalized spacial score (nSPS) is 19.8. The second-order valence-electron chi connectivity index (χ2n) is 13.4. The van der Waals surface area contributed by atoms with Gasteiger partial charge in [0, 0.05) is 30.8 Å². The van der Waals surface area contributed by atoms with Crippen LogP contribution in [0, 0.1) is 26.2 Å². The monoisotopic (exact) mass is 615 g/mol. The molecule has 11 heteroatoms. The van der Waals surface area contributed by atoms with Gasteiger partial charge in [-0.2, -0.15) is 4.31 Å². The molecule has 0 saturated heterocycles. The third-order valence-corrected chi connectivity index (χ3v) is 11.4. The summed E-state index contributed by atoms with van der Waals surface area (Å²) in [6.45, 7) is 9.58. The van der Waals surface area contributed by atoms with E-state index in [1.807, 2.05) is 55.6 Å². The van der Waals surface area contributed by atoms with Crippen LogP contribution in [0.4, 0.5) is 0 Å². The first kappa shape index (κ1) is 28.9. The molecular weight excluding hydrogens is 578 g/mol. The molecule has 10 nitrogen and oxygen atoms in total. The van der Waals surface area contributed by atoms with Gasteiger partial charge in [0.2, 0.25) is 15.9 Å². The van der Waals surface area contributed by atoms with Crippen LogP contribution in [0.25, 0.3) is 5.65 Å². The molecule has 44 heavy (non-hydrogen) atoms. The lowest BCUT2D eigenvalue weighted by molar-refractivity contribution is -0.147. The minimum atomic E-state index is -3.91. The lowest BCUT2D eigenvalue weighted by atomic mass is 9.70. The largest absolute Gasteiger partial charge is 0.481 e. The quantitative estimate of drug-likeness (QED) is 0.297. The van der Waals surface area contributed by atoms with Crippen LogP contribution < -0.4 is 4.74 Å². The van der Waals surface area contributed by atoms with Crippen molar-refractivity contribution in [2.75, 3.05) is 6.54 Å². The highest BCUT2D eigenvalue weighted by molar-refractivity contribution is 7.89. The molecule has 1 aromatic carbocycles. The molecule has 2 saturated carbocycles. The van der Waals surface area contributed by atoms with Gasteiger partial charge < -0.3 is 9.84 Å². The Morgan fingerprint density at radius 3 is 2.57 bits per heavy atom. The standard InChI is InChI=1S/C33H37N5O5S/c1-19-14-26-30(34-16-19)43-33(11-12-33)18-37(44(26,41)42)17-24-15-23(7-6-20(24)2)27(32(4,5)31(39)40)25-10-13-38-28(21(25)3)35-36-29(38)22-8-9-22/h6-7,10,13-16,22,27H,8-9,11-12,17-18H2,1-5H3,(H,39,40)/t27-/m0/s1. The summed E-state index contributed by atoms with van der Waals surface area (Å²) in [6, 6.07) is 9.51. The molecule has 1 aliphatic heterocycles. The minimum Gasteiger partial charge on any atom is -0.481 e. The summed E-state index contributed by atoms with van der Waals surface area (Å²) >= 11 is 0. The number of pyridine rings is 2. The Balaban J connectivity index is 1.32. The number of rotatable bonds is 7. The Hall–Kier alpha value is -3.83. The third-order valence-electron chi connectivity index (χ3n) is 9.63. The van der Waals surface area contributed by atoms with Crippen molar-refractivity contribution >= 4 is 21.6 Å². The van der Waals surface area contributed by atoms with E-state index in [9.17, 15) is 18.3 Å². The Morgan fingerprint density at radius 1 is 1.14 bits per heavy atom. The van der Waals surface area contributed by atoms with Crippen molar-refractivity contribution in [1.82, 2.24) is 23.9 Å². The molecule has 0 radical (unpaired) electrons. The molecular formula is C33H37N5O5S. The number of aliphatic carboxylic acids is 1. The first-order valence-corrected chi connectivity index (χ1v) is 16.6. The van der Waals surface area contributed by atoms with Gasteiger partial charge in [0.1, 0.15) is 16.3 Å². The summed E-state index contributed by atoms with van der Waals surface area (Å²) in [5.41, 5.74) is 3.99. The number of nitrogens with zero attached hydrogens (tertiary/aromatic N) is 5. The molecule has 1 N–H and O–H groups in total. The predicted octanol–water partition coefficient (Wildman–Crippen LogP) is 5.29. The zero-order valence-electron chi connectivity index (χ0n) is 25.7. The Morgan fingerprint density at radius 2 is 1.89 bits per heavy atom. The maximum Gasteiger partial charge on any atom is 0.310 e. The predicted molar refractivity (Wildman–Crippen MR) is 163 cm³/mol. The molecule has 0 amide bonds. The van der Waals surface area contributed by atoms with E-state index in [4.69, 9.17) is 4.74 Å². The Kier molecular flexibility index (Phi) is 6.46. The number of carboxylic acids is 1. The Bertz CT molecular complexity index is 1940. The van der Waals surface area contributed by atoms with Gasteiger partial charge >= 0.3 is 5.97 Å². The zero-order valence-corrected chi connectivity index (χ0v) is 26.5. The van der Waals surface area contributed by atoms with Crippen molar-refractivity contribution < 1.29 is 23.1 Å². The fourth-order valence-corrected chi connectivity index (χ4v) is 8.14. The molecule has 4 aromatic rings. The van der Waals surface area contributed by atoms with Crippen LogP contribution in [-0.4, -0.2) is 55.5 Å². The number of aromatic nitrogens is 4. The number of sulfonamides is 1. The van der Waals surface area contributed by atoms with Gasteiger partial charge in [0.25, 0.3) is 0 Å². The van der Waals surface area contributed by atoms with Crippen LogP contribution >= 0.6 is 0 Å². The van der Waals surface area contributed by atoms with Crippen LogP contribution in [0.1, 0.15) is 90.6 Å². The van der Waals surface area contributed by atoms with Crippen LogP contribution in [0.2, 0.25) is 0 Å². The van der Waals surface area contributed by atoms with Gasteiger partial charge in [-0.1, -0.05) is 18.2 Å². The number of carbonyl (C=O) groups is 1. The number of ether oxygens (including phenoxy) is 1. The molecule has 7 rings (SSSR count). The molecule has 3 aliphatic rings. The number of hydrogen-bond donors (Lipinski definition) is 1. The number of fused-ring (bicyclic) bond motifs is 2. The van der Waals surface area contributed by atoms with Crippen molar-refractivity contribution in [1.29, 1.82) is 0 Å². The summed E-state index contributed by atoms with van der Waals surface area (Å²) in [5, 5.41) is 19.4. The molecule has 0 bridgehead atoms. The van der Waals surface area contributed by atoms with Gasteiger partial charge in [-0.25, -0.2) is 13.4 Å². The van der Waals surface area contributed by atoms with Crippen LogP contribution in [0.3, 0.4) is 0 Å². The lowest BCUT2D eigenvalue weighted by Gasteiger charge is -2.33. The maximum atomic E-state index is 14.0. The molecule has 2 aliphatic carbocycles. The molecule has 0 unspecified atom stereocenters. The average molecular weight is 616 g/mol. The van der Waals surface area contributed by atoms with Crippen LogP contribution in [0.15, 0.2) is 47.6 Å². The van der Waals surface area contributed by atoms with Crippen LogP contribution in [-0.2, 0) is 21.4 Å². The van der Waals surface area contributed by atoms with E-state index >= 15 is 0 Å². The highest BCUT2D eigenvalue weighted by Crippen LogP contribution is 2.47. The van der Waals surface area contributed by atoms with Crippen molar-refractivity contribution in [2.24, 2.45) is 5.41 Å². The van der Waals surface area contributed by atoms with Crippen molar-refractivity contribution in [3.05, 3.63) is 81.9 Å². The highest BCUT2D eigenvalue weighted by Gasteiger charge is 2.52. The zero-order chi connectivity index (χ0) is 31.2. The van der Waals surface area contributed by atoms with Crippen molar-refractivity contribution in [3.63, 3.8) is 0 Å². The van der Waals surface area contributed by atoms with E-state index in [1.54, 1.807) is 26.1 Å². The fraction of sp³-hybridized carbons (Fsp3) is 0.455. The van der Waals surface area contributed by atoms with Gasteiger partial charge in [-0.05, 0) is 106 Å². The second kappa shape index (κ2) is 9.84. The van der Waals surface area contributed by atoms with Crippen molar-refractivity contribution in [3.8, 4) is 5.88 Å². The molecule has 230 valence electrons. The Labute approximate surface area is 257 Å². The number of aryl methyl sites for hydroxylation is 3. The fourth-order valence-electron chi connectivity index (χ4n) is 6.50. The number of carboxylic acid groups (broad SMARTS) is 1. The lowest BCUT2D eigenvalue weighted by Crippen LogP contribution is -2.38. The molecule has 2 fully saturated rings. The first-order valence-electron chi connectivity index (χ1n) is 15.1. The molecule has 3 aromatic heterocycles. The van der Waals surface area contributed by atoms with Gasteiger partial charge in [0.15, 0.2) is 5.65 Å². The number of hydrogen-bond acceptors (Lipinski definition) is 7. The average Bonchev–Trinajstić information content (AvgIpc) is 3.91. The second-order valence-corrected chi connectivity index (χ2v) is 15.3. The van der Waals surface area contributed by atoms with E-state index in [0.29, 0.717) is 5.92 Å². The van der Waals surface area contributed by atoms with Crippen LogP contribution in [0.5, 0.6) is 5.88 Å². The summed E-state index contributed by atoms with van der Waals surface area (Å²) in [6.07, 6.45) is 7.30. The minimum absolute atomic E-state index is 0.0859. The van der Waals surface area contributed by atoms with E-state index in [1.165, 1.54) is 4.31 Å². The van der Waals surface area contributed by atoms with E-state index < -0.39 is 32.9 Å². The van der Waals surface area contributed by atoms with Gasteiger partial charge in [-0.15, -0.1) is 10.2 Å². The smallest absolute Gasteiger partial charge is 0.310 e. The van der Waals surface area contributed by atoms with E-state index in [2.05, 4.69) is 15.2 Å². The van der Waals surface area contributed by atoms with Gasteiger partial charge in [0.05, 0.1) is 12.0 Å². The molecule has 1 atom stereocenters. The number of benzene rings is 1.